The van der Waals surface area contributed by atoms with Crippen LogP contribution in [0.5, 0.6) is 5.75 Å². The van der Waals surface area contributed by atoms with Crippen LogP contribution in [0.25, 0.3) is 0 Å². The molecule has 0 aliphatic carbocycles. The fourth-order valence-electron chi connectivity index (χ4n) is 1.62. The molecule has 0 saturated heterocycles. The van der Waals surface area contributed by atoms with Gasteiger partial charge in [0.25, 0.3) is 0 Å². The summed E-state index contributed by atoms with van der Waals surface area (Å²) < 4.78 is 16.3. The Hall–Kier alpha value is -1.10. The van der Waals surface area contributed by atoms with Gasteiger partial charge in [-0.1, -0.05) is 12.1 Å². The van der Waals surface area contributed by atoms with E-state index in [2.05, 4.69) is 0 Å². The van der Waals surface area contributed by atoms with Crippen LogP contribution in [0.15, 0.2) is 24.3 Å². The number of hydrogen-bond donors (Lipinski definition) is 1. The van der Waals surface area contributed by atoms with Crippen LogP contribution in [0.3, 0.4) is 0 Å². The van der Waals surface area contributed by atoms with Crippen LogP contribution in [0.2, 0.25) is 0 Å². The summed E-state index contributed by atoms with van der Waals surface area (Å²) in [5.41, 5.74) is 6.76. The van der Waals surface area contributed by atoms with Gasteiger partial charge in [-0.25, -0.2) is 0 Å². The van der Waals surface area contributed by atoms with Crippen molar-refractivity contribution in [2.24, 2.45) is 5.73 Å². The van der Waals surface area contributed by atoms with Crippen molar-refractivity contribution in [2.45, 2.75) is 26.1 Å². The minimum absolute atomic E-state index is 0.115. The summed E-state index contributed by atoms with van der Waals surface area (Å²) in [6, 6.07) is 7.77. The molecule has 0 aliphatic heterocycles. The predicted molar refractivity (Wildman–Crippen MR) is 71.8 cm³/mol. The third-order valence-corrected chi connectivity index (χ3v) is 2.53. The van der Waals surface area contributed by atoms with Crippen molar-refractivity contribution in [1.82, 2.24) is 0 Å². The molecule has 1 atom stereocenters. The summed E-state index contributed by atoms with van der Waals surface area (Å²) in [6.45, 7) is 5.56. The Morgan fingerprint density at radius 3 is 2.50 bits per heavy atom. The molecule has 1 aromatic carbocycles. The largest absolute Gasteiger partial charge is 0.497 e. The molecular formula is C14H23NO3. The molecule has 2 N–H and O–H groups in total. The smallest absolute Gasteiger partial charge is 0.119 e. The van der Waals surface area contributed by atoms with Gasteiger partial charge in [-0.05, 0) is 31.5 Å². The first-order valence-corrected chi connectivity index (χ1v) is 6.24. The second kappa shape index (κ2) is 8.08. The third-order valence-electron chi connectivity index (χ3n) is 2.53. The van der Waals surface area contributed by atoms with Gasteiger partial charge in [0.2, 0.25) is 0 Å². The van der Waals surface area contributed by atoms with E-state index in [1.807, 2.05) is 38.1 Å². The van der Waals surface area contributed by atoms with Gasteiger partial charge in [0, 0.05) is 6.54 Å². The molecule has 0 aliphatic rings. The molecule has 0 heterocycles. The standard InChI is InChI=1S/C14H23NO3/c1-11(2)17-7-8-18-14(10-15)12-5-4-6-13(9-12)16-3/h4-6,9,11,14H,7-8,10,15H2,1-3H3. The van der Waals surface area contributed by atoms with Gasteiger partial charge in [0.05, 0.1) is 32.5 Å². The molecule has 0 radical (unpaired) electrons. The Balaban J connectivity index is 2.49. The summed E-state index contributed by atoms with van der Waals surface area (Å²) in [5.74, 6) is 0.813. The fraction of sp³-hybridized carbons (Fsp3) is 0.571. The lowest BCUT2D eigenvalue weighted by Crippen LogP contribution is -2.19. The van der Waals surface area contributed by atoms with Crippen molar-refractivity contribution in [3.63, 3.8) is 0 Å². The lowest BCUT2D eigenvalue weighted by molar-refractivity contribution is -0.0105. The van der Waals surface area contributed by atoms with Crippen molar-refractivity contribution in [3.05, 3.63) is 29.8 Å². The first-order chi connectivity index (χ1) is 8.67. The lowest BCUT2D eigenvalue weighted by Gasteiger charge is -2.17. The third kappa shape index (κ3) is 5.04. The molecule has 1 rings (SSSR count). The maximum Gasteiger partial charge on any atom is 0.119 e. The number of ether oxygens (including phenoxy) is 3. The molecule has 4 nitrogen and oxygen atoms in total. The van der Waals surface area contributed by atoms with Crippen LogP contribution >= 0.6 is 0 Å². The van der Waals surface area contributed by atoms with E-state index in [0.717, 1.165) is 11.3 Å². The van der Waals surface area contributed by atoms with Crippen LogP contribution in [-0.2, 0) is 9.47 Å². The zero-order chi connectivity index (χ0) is 13.4. The molecule has 18 heavy (non-hydrogen) atoms. The Bertz CT molecular complexity index is 342. The molecular weight excluding hydrogens is 230 g/mol. The Morgan fingerprint density at radius 1 is 1.17 bits per heavy atom. The second-order valence-corrected chi connectivity index (χ2v) is 4.29. The molecule has 0 spiro atoms. The average molecular weight is 253 g/mol. The van der Waals surface area contributed by atoms with Crippen molar-refractivity contribution in [2.75, 3.05) is 26.9 Å². The quantitative estimate of drug-likeness (QED) is 0.721. The maximum atomic E-state index is 5.73. The van der Waals surface area contributed by atoms with Gasteiger partial charge in [0.1, 0.15) is 5.75 Å². The van der Waals surface area contributed by atoms with E-state index < -0.39 is 0 Å². The molecule has 0 saturated carbocycles. The molecule has 0 amide bonds. The molecule has 1 aromatic rings. The molecule has 1 unspecified atom stereocenters. The highest BCUT2D eigenvalue weighted by Crippen LogP contribution is 2.21. The second-order valence-electron chi connectivity index (χ2n) is 4.29. The monoisotopic (exact) mass is 253 g/mol. The van der Waals surface area contributed by atoms with Crippen molar-refractivity contribution >= 4 is 0 Å². The van der Waals surface area contributed by atoms with Crippen LogP contribution < -0.4 is 10.5 Å². The first kappa shape index (κ1) is 15.0. The fourth-order valence-corrected chi connectivity index (χ4v) is 1.62. The van der Waals surface area contributed by atoms with Crippen LogP contribution in [0.1, 0.15) is 25.5 Å². The van der Waals surface area contributed by atoms with E-state index in [-0.39, 0.29) is 12.2 Å². The normalized spacial score (nSPS) is 12.7. The number of rotatable bonds is 8. The van der Waals surface area contributed by atoms with Crippen LogP contribution in [0.4, 0.5) is 0 Å². The number of methoxy groups -OCH3 is 1. The maximum absolute atomic E-state index is 5.73. The van der Waals surface area contributed by atoms with Gasteiger partial charge in [-0.2, -0.15) is 0 Å². The lowest BCUT2D eigenvalue weighted by atomic mass is 10.1. The Kier molecular flexibility index (Phi) is 6.72. The highest BCUT2D eigenvalue weighted by Gasteiger charge is 2.10. The van der Waals surface area contributed by atoms with Gasteiger partial charge in [0.15, 0.2) is 0 Å². The minimum atomic E-state index is -0.115. The molecule has 0 fully saturated rings. The zero-order valence-corrected chi connectivity index (χ0v) is 11.4. The minimum Gasteiger partial charge on any atom is -0.497 e. The average Bonchev–Trinajstić information content (AvgIpc) is 2.38. The molecule has 0 aromatic heterocycles. The van der Waals surface area contributed by atoms with Gasteiger partial charge in [-0.3, -0.25) is 0 Å². The van der Waals surface area contributed by atoms with E-state index in [9.17, 15) is 0 Å². The van der Waals surface area contributed by atoms with Gasteiger partial charge < -0.3 is 19.9 Å². The van der Waals surface area contributed by atoms with Crippen molar-refractivity contribution in [3.8, 4) is 5.75 Å². The number of hydrogen-bond acceptors (Lipinski definition) is 4. The van der Waals surface area contributed by atoms with E-state index in [4.69, 9.17) is 19.9 Å². The van der Waals surface area contributed by atoms with E-state index in [1.54, 1.807) is 7.11 Å². The molecule has 0 bridgehead atoms. The van der Waals surface area contributed by atoms with E-state index >= 15 is 0 Å². The topological polar surface area (TPSA) is 53.7 Å². The highest BCUT2D eigenvalue weighted by molar-refractivity contribution is 5.30. The van der Waals surface area contributed by atoms with Crippen molar-refractivity contribution in [1.29, 1.82) is 0 Å². The van der Waals surface area contributed by atoms with E-state index in [0.29, 0.717) is 19.8 Å². The summed E-state index contributed by atoms with van der Waals surface area (Å²) >= 11 is 0. The summed E-state index contributed by atoms with van der Waals surface area (Å²) in [7, 11) is 1.65. The summed E-state index contributed by atoms with van der Waals surface area (Å²) in [5, 5.41) is 0. The predicted octanol–water partition coefficient (Wildman–Crippen LogP) is 2.14. The highest BCUT2D eigenvalue weighted by atomic mass is 16.5. The van der Waals surface area contributed by atoms with Crippen LogP contribution in [-0.4, -0.2) is 33.0 Å². The Morgan fingerprint density at radius 2 is 1.89 bits per heavy atom. The number of benzene rings is 1. The summed E-state index contributed by atoms with van der Waals surface area (Å²) in [6.07, 6.45) is 0.109. The van der Waals surface area contributed by atoms with Gasteiger partial charge in [-0.15, -0.1) is 0 Å². The zero-order valence-electron chi connectivity index (χ0n) is 11.4. The Labute approximate surface area is 109 Å². The SMILES string of the molecule is COc1cccc(C(CN)OCCOC(C)C)c1. The van der Waals surface area contributed by atoms with Gasteiger partial charge >= 0.3 is 0 Å². The van der Waals surface area contributed by atoms with E-state index in [1.165, 1.54) is 0 Å². The molecule has 4 heteroatoms. The van der Waals surface area contributed by atoms with Crippen LogP contribution in [0, 0.1) is 0 Å². The number of nitrogens with two attached hydrogens (primary N) is 1. The van der Waals surface area contributed by atoms with Crippen molar-refractivity contribution < 1.29 is 14.2 Å². The molecule has 102 valence electrons. The summed E-state index contributed by atoms with van der Waals surface area (Å²) in [4.78, 5) is 0. The first-order valence-electron chi connectivity index (χ1n) is 6.24.